The Kier molecular flexibility index (Phi) is 9.30. The summed E-state index contributed by atoms with van der Waals surface area (Å²) in [6.07, 6.45) is 1.00. The number of Topliss-reactive ketones (excluding diaryl/α,β-unsaturated/α-hetero) is 1. The third-order valence-corrected chi connectivity index (χ3v) is 2.70. The molecule has 1 rings (SSSR count). The predicted molar refractivity (Wildman–Crippen MR) is 80.7 cm³/mol. The summed E-state index contributed by atoms with van der Waals surface area (Å²) in [5.74, 6) is -0.356. The highest BCUT2D eigenvalue weighted by atomic mass is 16.5. The molecule has 0 saturated carbocycles. The second kappa shape index (κ2) is 10.1. The maximum atomic E-state index is 11.7. The van der Waals surface area contributed by atoms with Crippen molar-refractivity contribution in [2.75, 3.05) is 6.54 Å². The van der Waals surface area contributed by atoms with Crippen LogP contribution in [0.2, 0.25) is 0 Å². The van der Waals surface area contributed by atoms with E-state index in [1.165, 1.54) is 0 Å². The first-order valence-electron chi connectivity index (χ1n) is 7.08. The van der Waals surface area contributed by atoms with Crippen molar-refractivity contribution in [3.05, 3.63) is 35.4 Å². The summed E-state index contributed by atoms with van der Waals surface area (Å²) in [4.78, 5) is 22.9. The van der Waals surface area contributed by atoms with E-state index in [4.69, 9.17) is 10.5 Å². The van der Waals surface area contributed by atoms with E-state index in [-0.39, 0.29) is 24.4 Å². The standard InChI is InChI=1S/C14H19NO3.C2H6/c1-3-10(2)18-14(17)12-6-4-11(5-7-12)8-13(16)9-15;1-2/h4-7,10H,3,8-9,15H2,1-2H3;1-2H3. The van der Waals surface area contributed by atoms with Crippen LogP contribution >= 0.6 is 0 Å². The fourth-order valence-corrected chi connectivity index (χ4v) is 1.39. The van der Waals surface area contributed by atoms with E-state index in [2.05, 4.69) is 0 Å². The molecule has 0 saturated heterocycles. The Balaban J connectivity index is 0.00000172. The van der Waals surface area contributed by atoms with E-state index < -0.39 is 0 Å². The largest absolute Gasteiger partial charge is 0.459 e. The van der Waals surface area contributed by atoms with Gasteiger partial charge in [0.25, 0.3) is 0 Å². The van der Waals surface area contributed by atoms with E-state index in [1.807, 2.05) is 27.7 Å². The van der Waals surface area contributed by atoms with E-state index in [9.17, 15) is 9.59 Å². The van der Waals surface area contributed by atoms with Gasteiger partial charge in [-0.1, -0.05) is 32.9 Å². The number of ether oxygens (including phenoxy) is 1. The van der Waals surface area contributed by atoms with Gasteiger partial charge in [-0.15, -0.1) is 0 Å². The van der Waals surface area contributed by atoms with Gasteiger partial charge < -0.3 is 10.5 Å². The quantitative estimate of drug-likeness (QED) is 0.813. The van der Waals surface area contributed by atoms with Gasteiger partial charge in [-0.3, -0.25) is 4.79 Å². The molecule has 0 heterocycles. The molecule has 0 amide bonds. The average molecular weight is 279 g/mol. The van der Waals surface area contributed by atoms with Crippen molar-refractivity contribution in [3.63, 3.8) is 0 Å². The van der Waals surface area contributed by atoms with Gasteiger partial charge in [0.05, 0.1) is 18.2 Å². The maximum Gasteiger partial charge on any atom is 0.338 e. The molecule has 4 nitrogen and oxygen atoms in total. The highest BCUT2D eigenvalue weighted by Gasteiger charge is 2.10. The second-order valence-electron chi connectivity index (χ2n) is 4.24. The van der Waals surface area contributed by atoms with Crippen LogP contribution in [0, 0.1) is 0 Å². The van der Waals surface area contributed by atoms with Gasteiger partial charge in [-0.25, -0.2) is 4.79 Å². The zero-order valence-corrected chi connectivity index (χ0v) is 12.8. The van der Waals surface area contributed by atoms with Gasteiger partial charge in [0.1, 0.15) is 0 Å². The van der Waals surface area contributed by atoms with Crippen LogP contribution in [0.1, 0.15) is 50.0 Å². The molecule has 2 N–H and O–H groups in total. The molecule has 0 aliphatic heterocycles. The number of carbonyl (C=O) groups excluding carboxylic acids is 2. The summed E-state index contributed by atoms with van der Waals surface area (Å²) >= 11 is 0. The fourth-order valence-electron chi connectivity index (χ4n) is 1.39. The Morgan fingerprint density at radius 3 is 2.20 bits per heavy atom. The van der Waals surface area contributed by atoms with Gasteiger partial charge in [0.2, 0.25) is 0 Å². The van der Waals surface area contributed by atoms with Crippen molar-refractivity contribution < 1.29 is 14.3 Å². The van der Waals surface area contributed by atoms with E-state index in [0.29, 0.717) is 12.0 Å². The van der Waals surface area contributed by atoms with Crippen molar-refractivity contribution in [3.8, 4) is 0 Å². The number of carbonyl (C=O) groups is 2. The predicted octanol–water partition coefficient (Wildman–Crippen LogP) is 2.74. The smallest absolute Gasteiger partial charge is 0.338 e. The molecule has 4 heteroatoms. The van der Waals surface area contributed by atoms with E-state index in [1.54, 1.807) is 24.3 Å². The van der Waals surface area contributed by atoms with Crippen LogP contribution in [0.3, 0.4) is 0 Å². The summed E-state index contributed by atoms with van der Waals surface area (Å²) in [6.45, 7) is 7.85. The average Bonchev–Trinajstić information content (AvgIpc) is 2.49. The van der Waals surface area contributed by atoms with Crippen LogP contribution in [-0.2, 0) is 16.0 Å². The molecule has 1 aromatic rings. The molecule has 1 aromatic carbocycles. The third kappa shape index (κ3) is 6.48. The summed E-state index contributed by atoms with van der Waals surface area (Å²) in [6, 6.07) is 6.84. The molecule has 0 aliphatic carbocycles. The lowest BCUT2D eigenvalue weighted by molar-refractivity contribution is -0.117. The van der Waals surface area contributed by atoms with Crippen LogP contribution in [-0.4, -0.2) is 24.4 Å². The molecule has 0 radical (unpaired) electrons. The number of ketones is 1. The molecule has 1 unspecified atom stereocenters. The van der Waals surface area contributed by atoms with Crippen LogP contribution < -0.4 is 5.73 Å². The lowest BCUT2D eigenvalue weighted by Crippen LogP contribution is -2.16. The van der Waals surface area contributed by atoms with Crippen molar-refractivity contribution >= 4 is 11.8 Å². The number of rotatable bonds is 6. The summed E-state index contributed by atoms with van der Waals surface area (Å²) < 4.78 is 5.20. The first-order valence-corrected chi connectivity index (χ1v) is 7.08. The van der Waals surface area contributed by atoms with Crippen molar-refractivity contribution in [2.45, 2.75) is 46.6 Å². The van der Waals surface area contributed by atoms with Crippen molar-refractivity contribution in [2.24, 2.45) is 5.73 Å². The Labute approximate surface area is 121 Å². The topological polar surface area (TPSA) is 69.4 Å². The normalized spacial score (nSPS) is 11.1. The number of hydrogen-bond acceptors (Lipinski definition) is 4. The Hall–Kier alpha value is -1.68. The molecular formula is C16H25NO3. The minimum atomic E-state index is -0.332. The lowest BCUT2D eigenvalue weighted by atomic mass is 10.1. The molecule has 0 aliphatic rings. The molecule has 0 spiro atoms. The molecule has 0 fully saturated rings. The van der Waals surface area contributed by atoms with Gasteiger partial charge >= 0.3 is 5.97 Å². The van der Waals surface area contributed by atoms with Crippen LogP contribution in [0.25, 0.3) is 0 Å². The van der Waals surface area contributed by atoms with Gasteiger partial charge in [-0.05, 0) is 31.0 Å². The van der Waals surface area contributed by atoms with Gasteiger partial charge in [0, 0.05) is 6.42 Å². The van der Waals surface area contributed by atoms with E-state index >= 15 is 0 Å². The highest BCUT2D eigenvalue weighted by molar-refractivity contribution is 5.89. The summed E-state index contributed by atoms with van der Waals surface area (Å²) in [7, 11) is 0. The molecule has 20 heavy (non-hydrogen) atoms. The number of hydrogen-bond donors (Lipinski definition) is 1. The molecule has 112 valence electrons. The highest BCUT2D eigenvalue weighted by Crippen LogP contribution is 2.09. The molecule has 1 atom stereocenters. The third-order valence-electron chi connectivity index (χ3n) is 2.70. The zero-order valence-electron chi connectivity index (χ0n) is 12.8. The maximum absolute atomic E-state index is 11.7. The van der Waals surface area contributed by atoms with Crippen molar-refractivity contribution in [1.82, 2.24) is 0 Å². The SMILES string of the molecule is CC.CCC(C)OC(=O)c1ccc(CC(=O)CN)cc1. The van der Waals surface area contributed by atoms with Crippen molar-refractivity contribution in [1.29, 1.82) is 0 Å². The van der Waals surface area contributed by atoms with Gasteiger partial charge in [0.15, 0.2) is 5.78 Å². The number of nitrogens with two attached hydrogens (primary N) is 1. The molecule has 0 bridgehead atoms. The Bertz CT molecular complexity index is 412. The van der Waals surface area contributed by atoms with Crippen LogP contribution in [0.5, 0.6) is 0 Å². The summed E-state index contributed by atoms with van der Waals surface area (Å²) in [5.41, 5.74) is 6.60. The summed E-state index contributed by atoms with van der Waals surface area (Å²) in [5, 5.41) is 0. The minimum Gasteiger partial charge on any atom is -0.459 e. The van der Waals surface area contributed by atoms with Crippen LogP contribution in [0.15, 0.2) is 24.3 Å². The Morgan fingerprint density at radius 1 is 1.20 bits per heavy atom. The number of benzene rings is 1. The second-order valence-corrected chi connectivity index (χ2v) is 4.24. The monoisotopic (exact) mass is 279 g/mol. The first kappa shape index (κ1) is 18.3. The fraction of sp³-hybridized carbons (Fsp3) is 0.500. The van der Waals surface area contributed by atoms with E-state index in [0.717, 1.165) is 12.0 Å². The Morgan fingerprint density at radius 2 is 1.75 bits per heavy atom. The van der Waals surface area contributed by atoms with Gasteiger partial charge in [-0.2, -0.15) is 0 Å². The molecular weight excluding hydrogens is 254 g/mol. The zero-order chi connectivity index (χ0) is 15.5. The first-order chi connectivity index (χ1) is 9.56. The number of esters is 1. The lowest BCUT2D eigenvalue weighted by Gasteiger charge is -2.10. The minimum absolute atomic E-state index is 0.0232. The van der Waals surface area contributed by atoms with Crippen LogP contribution in [0.4, 0.5) is 0 Å². The molecule has 0 aromatic heterocycles.